The summed E-state index contributed by atoms with van der Waals surface area (Å²) in [6, 6.07) is 16.6. The van der Waals surface area contributed by atoms with Crippen LogP contribution in [0.5, 0.6) is 5.75 Å². The predicted molar refractivity (Wildman–Crippen MR) is 78.5 cm³/mol. The second-order valence-corrected chi connectivity index (χ2v) is 4.45. The highest BCUT2D eigenvalue weighted by molar-refractivity contribution is 5.65. The fourth-order valence-corrected chi connectivity index (χ4v) is 2.10. The summed E-state index contributed by atoms with van der Waals surface area (Å²) in [6.45, 7) is 4.82. The molecular weight excluding hydrogens is 236 g/mol. The smallest absolute Gasteiger partial charge is 0.119 e. The van der Waals surface area contributed by atoms with Crippen molar-refractivity contribution in [1.29, 1.82) is 0 Å². The molecule has 0 aromatic heterocycles. The molecule has 2 rings (SSSR count). The van der Waals surface area contributed by atoms with Gasteiger partial charge in [-0.05, 0) is 42.7 Å². The molecule has 1 unspecified atom stereocenters. The minimum absolute atomic E-state index is 0.143. The zero-order valence-electron chi connectivity index (χ0n) is 11.7. The normalized spacial score (nSPS) is 12.2. The van der Waals surface area contributed by atoms with E-state index in [4.69, 9.17) is 9.47 Å². The van der Waals surface area contributed by atoms with Crippen LogP contribution in [0.4, 0.5) is 0 Å². The Morgan fingerprint density at radius 1 is 1.00 bits per heavy atom. The molecule has 0 amide bonds. The number of methoxy groups -OCH3 is 1. The van der Waals surface area contributed by atoms with E-state index in [1.165, 1.54) is 11.1 Å². The summed E-state index contributed by atoms with van der Waals surface area (Å²) in [7, 11) is 1.69. The highest BCUT2D eigenvalue weighted by Crippen LogP contribution is 2.26. The number of hydrogen-bond acceptors (Lipinski definition) is 2. The van der Waals surface area contributed by atoms with Crippen LogP contribution >= 0.6 is 0 Å². The third-order valence-corrected chi connectivity index (χ3v) is 3.20. The van der Waals surface area contributed by atoms with Crippen molar-refractivity contribution in [3.63, 3.8) is 0 Å². The average Bonchev–Trinajstić information content (AvgIpc) is 2.48. The van der Waals surface area contributed by atoms with Crippen molar-refractivity contribution in [2.24, 2.45) is 0 Å². The van der Waals surface area contributed by atoms with Gasteiger partial charge in [0.15, 0.2) is 0 Å². The van der Waals surface area contributed by atoms with Crippen LogP contribution in [0.15, 0.2) is 48.5 Å². The van der Waals surface area contributed by atoms with Crippen LogP contribution in [0.3, 0.4) is 0 Å². The Bertz CT molecular complexity index is 517. The fraction of sp³-hybridized carbons (Fsp3) is 0.294. The molecule has 0 aliphatic heterocycles. The van der Waals surface area contributed by atoms with Crippen LogP contribution in [0.1, 0.15) is 25.5 Å². The van der Waals surface area contributed by atoms with Crippen molar-refractivity contribution >= 4 is 0 Å². The topological polar surface area (TPSA) is 18.5 Å². The van der Waals surface area contributed by atoms with E-state index in [1.807, 2.05) is 25.1 Å². The van der Waals surface area contributed by atoms with Gasteiger partial charge in [-0.3, -0.25) is 0 Å². The van der Waals surface area contributed by atoms with Crippen LogP contribution < -0.4 is 4.74 Å². The zero-order valence-corrected chi connectivity index (χ0v) is 11.7. The van der Waals surface area contributed by atoms with Gasteiger partial charge in [-0.25, -0.2) is 0 Å². The molecule has 2 nitrogen and oxygen atoms in total. The summed E-state index contributed by atoms with van der Waals surface area (Å²) >= 11 is 0. The summed E-state index contributed by atoms with van der Waals surface area (Å²) < 4.78 is 10.8. The number of hydrogen-bond donors (Lipinski definition) is 0. The SMILES string of the molecule is CCOC(C)c1ccc(-c2cccc(OC)c2)cc1. The zero-order chi connectivity index (χ0) is 13.7. The quantitative estimate of drug-likeness (QED) is 0.786. The van der Waals surface area contributed by atoms with E-state index in [0.717, 1.165) is 17.9 Å². The average molecular weight is 256 g/mol. The van der Waals surface area contributed by atoms with Gasteiger partial charge < -0.3 is 9.47 Å². The van der Waals surface area contributed by atoms with Crippen LogP contribution in [0.25, 0.3) is 11.1 Å². The van der Waals surface area contributed by atoms with Gasteiger partial charge in [0.1, 0.15) is 5.75 Å². The second-order valence-electron chi connectivity index (χ2n) is 4.45. The fourth-order valence-electron chi connectivity index (χ4n) is 2.10. The lowest BCUT2D eigenvalue weighted by Crippen LogP contribution is -1.98. The first-order chi connectivity index (χ1) is 9.24. The first-order valence-electron chi connectivity index (χ1n) is 6.60. The minimum Gasteiger partial charge on any atom is -0.497 e. The first-order valence-corrected chi connectivity index (χ1v) is 6.60. The highest BCUT2D eigenvalue weighted by atomic mass is 16.5. The number of ether oxygens (including phenoxy) is 2. The Kier molecular flexibility index (Phi) is 4.58. The van der Waals surface area contributed by atoms with Crippen molar-refractivity contribution in [2.45, 2.75) is 20.0 Å². The maximum Gasteiger partial charge on any atom is 0.119 e. The van der Waals surface area contributed by atoms with Gasteiger partial charge in [-0.2, -0.15) is 0 Å². The monoisotopic (exact) mass is 256 g/mol. The van der Waals surface area contributed by atoms with Crippen LogP contribution in [-0.4, -0.2) is 13.7 Å². The van der Waals surface area contributed by atoms with Gasteiger partial charge >= 0.3 is 0 Å². The first kappa shape index (κ1) is 13.6. The molecule has 0 bridgehead atoms. The highest BCUT2D eigenvalue weighted by Gasteiger charge is 2.05. The van der Waals surface area contributed by atoms with Gasteiger partial charge in [0.2, 0.25) is 0 Å². The molecule has 0 saturated carbocycles. The van der Waals surface area contributed by atoms with E-state index in [9.17, 15) is 0 Å². The number of rotatable bonds is 5. The molecule has 0 aliphatic carbocycles. The summed E-state index contributed by atoms with van der Waals surface area (Å²) in [4.78, 5) is 0. The summed E-state index contributed by atoms with van der Waals surface area (Å²) in [5.74, 6) is 0.879. The molecule has 0 N–H and O–H groups in total. The lowest BCUT2D eigenvalue weighted by Gasteiger charge is -2.12. The molecule has 0 spiro atoms. The molecular formula is C17H20O2. The molecule has 0 saturated heterocycles. The number of benzene rings is 2. The molecule has 0 heterocycles. The third-order valence-electron chi connectivity index (χ3n) is 3.20. The molecule has 19 heavy (non-hydrogen) atoms. The molecule has 2 aromatic rings. The van der Waals surface area contributed by atoms with Crippen molar-refractivity contribution in [3.05, 3.63) is 54.1 Å². The van der Waals surface area contributed by atoms with Gasteiger partial charge in [-0.1, -0.05) is 36.4 Å². The van der Waals surface area contributed by atoms with E-state index >= 15 is 0 Å². The molecule has 2 heteroatoms. The Labute approximate surface area is 115 Å². The van der Waals surface area contributed by atoms with Crippen LogP contribution in [0.2, 0.25) is 0 Å². The molecule has 100 valence electrons. The van der Waals surface area contributed by atoms with Crippen molar-refractivity contribution in [3.8, 4) is 16.9 Å². The lowest BCUT2D eigenvalue weighted by atomic mass is 10.0. The predicted octanol–water partition coefficient (Wildman–Crippen LogP) is 4.46. The van der Waals surface area contributed by atoms with Gasteiger partial charge in [0, 0.05) is 6.61 Å². The van der Waals surface area contributed by atoms with E-state index < -0.39 is 0 Å². The molecule has 0 aliphatic rings. The maximum atomic E-state index is 5.59. The third kappa shape index (κ3) is 3.36. The van der Waals surface area contributed by atoms with Gasteiger partial charge in [0.05, 0.1) is 13.2 Å². The second kappa shape index (κ2) is 6.39. The van der Waals surface area contributed by atoms with E-state index in [0.29, 0.717) is 0 Å². The van der Waals surface area contributed by atoms with Crippen LogP contribution in [0, 0.1) is 0 Å². The summed E-state index contributed by atoms with van der Waals surface area (Å²) in [5, 5.41) is 0. The Morgan fingerprint density at radius 2 is 1.74 bits per heavy atom. The summed E-state index contributed by atoms with van der Waals surface area (Å²) in [6.07, 6.45) is 0.143. The van der Waals surface area contributed by atoms with Crippen LogP contribution in [-0.2, 0) is 4.74 Å². The maximum absolute atomic E-state index is 5.59. The summed E-state index contributed by atoms with van der Waals surface area (Å²) in [5.41, 5.74) is 3.55. The minimum atomic E-state index is 0.143. The van der Waals surface area contributed by atoms with Crippen molar-refractivity contribution in [1.82, 2.24) is 0 Å². The Morgan fingerprint density at radius 3 is 2.37 bits per heavy atom. The largest absolute Gasteiger partial charge is 0.497 e. The molecule has 1 atom stereocenters. The molecule has 0 radical (unpaired) electrons. The van der Waals surface area contributed by atoms with Gasteiger partial charge in [0.25, 0.3) is 0 Å². The lowest BCUT2D eigenvalue weighted by molar-refractivity contribution is 0.0764. The molecule has 0 fully saturated rings. The molecule has 2 aromatic carbocycles. The van der Waals surface area contributed by atoms with E-state index in [-0.39, 0.29) is 6.10 Å². The van der Waals surface area contributed by atoms with Gasteiger partial charge in [-0.15, -0.1) is 0 Å². The van der Waals surface area contributed by atoms with Crippen molar-refractivity contribution in [2.75, 3.05) is 13.7 Å². The van der Waals surface area contributed by atoms with E-state index in [2.05, 4.69) is 37.3 Å². The standard InChI is InChI=1S/C17H20O2/c1-4-19-13(2)14-8-10-15(11-9-14)16-6-5-7-17(12-16)18-3/h5-13H,4H2,1-3H3. The Hall–Kier alpha value is -1.80. The van der Waals surface area contributed by atoms with Crippen molar-refractivity contribution < 1.29 is 9.47 Å². The van der Waals surface area contributed by atoms with E-state index in [1.54, 1.807) is 7.11 Å². The Balaban J connectivity index is 2.22.